The van der Waals surface area contributed by atoms with Gasteiger partial charge in [-0.15, -0.1) is 0 Å². The maximum Gasteiger partial charge on any atom is 0.509 e. The number of hydrogen-bond acceptors (Lipinski definition) is 16. The van der Waals surface area contributed by atoms with E-state index in [0.717, 1.165) is 14.7 Å². The van der Waals surface area contributed by atoms with E-state index in [4.69, 9.17) is 14.2 Å². The van der Waals surface area contributed by atoms with Crippen LogP contribution in [-0.4, -0.2) is 258 Å². The second kappa shape index (κ2) is 39.9. The van der Waals surface area contributed by atoms with Gasteiger partial charge >= 0.3 is 6.16 Å². The van der Waals surface area contributed by atoms with Crippen molar-refractivity contribution in [1.29, 1.82) is 0 Å². The number of aliphatic hydroxyl groups is 1. The van der Waals surface area contributed by atoms with Crippen molar-refractivity contribution < 1.29 is 76.9 Å². The summed E-state index contributed by atoms with van der Waals surface area (Å²) in [6, 6.07) is -13.2. The summed E-state index contributed by atoms with van der Waals surface area (Å²) in [5.41, 5.74) is -0.797. The molecule has 1 aliphatic heterocycles. The zero-order chi connectivity index (χ0) is 74.3. The minimum Gasteiger partial charge on any atom is -0.430 e. The first kappa shape index (κ1) is 86.9. The van der Waals surface area contributed by atoms with Crippen LogP contribution in [0, 0.1) is 35.5 Å². The lowest BCUT2D eigenvalue weighted by Crippen LogP contribution is -2.63. The number of aliphatic hydroxyl groups excluding tert-OH is 1. The van der Waals surface area contributed by atoms with Crippen molar-refractivity contribution in [2.45, 2.75) is 242 Å². The number of nitrogens with one attached hydrogen (secondary N) is 4. The Morgan fingerprint density at radius 2 is 1.00 bits per heavy atom. The minimum absolute atomic E-state index is 0.0388. The third-order valence-electron chi connectivity index (χ3n) is 17.1. The third-order valence-corrected chi connectivity index (χ3v) is 17.1. The van der Waals surface area contributed by atoms with Crippen molar-refractivity contribution in [3.05, 3.63) is 24.3 Å². The van der Waals surface area contributed by atoms with E-state index in [2.05, 4.69) is 21.3 Å². The van der Waals surface area contributed by atoms with Crippen molar-refractivity contribution in [3.8, 4) is 0 Å². The van der Waals surface area contributed by atoms with Crippen molar-refractivity contribution in [2.24, 2.45) is 35.5 Å². The molecule has 0 radical (unpaired) electrons. The van der Waals surface area contributed by atoms with Gasteiger partial charge in [0.2, 0.25) is 65.0 Å². The fourth-order valence-corrected chi connectivity index (χ4v) is 11.3. The molecule has 0 spiro atoms. The highest BCUT2D eigenvalue weighted by molar-refractivity contribution is 5.99. The average molecular weight is 1360 g/mol. The predicted octanol–water partition coefficient (Wildman–Crippen LogP) is 4.14. The monoisotopic (exact) mass is 1360 g/mol. The largest absolute Gasteiger partial charge is 0.509 e. The number of likely N-dealkylation sites (N-methyl/N-ethyl adjacent to an activating group) is 7. The topological polar surface area (TPSA) is 324 Å². The first-order valence-electron chi connectivity index (χ1n) is 33.8. The minimum atomic E-state index is -1.66. The SMILES string of the molecule is CC=CC[C@@H](C)[C@@H](O)[C@H]1C(=O)N[C@@H](CC)C(=O)N(C)CC(=O)N(C)[C@@H]([C@@H](C)OCC=CCOC(=O)OC(C)(C)C)C(=O)N[C@@H](C(C)C)C(=O)N(C)[C@@H](CC(C)C)C(=O)N[C@@H](C)C(=O)N[C@H](C)C(=O)N(C)[C@@H](CC(C)C)C(=O)N(C)[C@@H](CC(C)C)C(=O)N(C)[C@@H](C(C)C)C(=O)N1C. The molecule has 5 N–H and O–H groups in total. The molecule has 27 heteroatoms. The van der Waals surface area contributed by atoms with Gasteiger partial charge in [-0.05, 0) is 122 Å². The zero-order valence-electron chi connectivity index (χ0n) is 62.6. The predicted molar refractivity (Wildman–Crippen MR) is 366 cm³/mol. The molecule has 96 heavy (non-hydrogen) atoms. The van der Waals surface area contributed by atoms with Crippen LogP contribution in [0.3, 0.4) is 0 Å². The lowest BCUT2D eigenvalue weighted by Gasteiger charge is -2.41. The zero-order valence-corrected chi connectivity index (χ0v) is 62.6. The number of carbonyl (C=O) groups is 12. The van der Waals surface area contributed by atoms with Crippen LogP contribution in [0.2, 0.25) is 0 Å². The van der Waals surface area contributed by atoms with E-state index in [9.17, 15) is 48.3 Å². The highest BCUT2D eigenvalue weighted by atomic mass is 16.7. The summed E-state index contributed by atoms with van der Waals surface area (Å²) in [5, 5.41) is 23.1. The highest BCUT2D eigenvalue weighted by Gasteiger charge is 2.46. The van der Waals surface area contributed by atoms with Crippen molar-refractivity contribution in [2.75, 3.05) is 69.1 Å². The Balaban J connectivity index is 4.38. The lowest BCUT2D eigenvalue weighted by atomic mass is 9.91. The third kappa shape index (κ3) is 26.0. The Hall–Kier alpha value is -7.16. The van der Waals surface area contributed by atoms with Gasteiger partial charge in [-0.1, -0.05) is 101 Å². The fourth-order valence-electron chi connectivity index (χ4n) is 11.3. The number of nitrogens with zero attached hydrogens (tertiary/aromatic N) is 7. The molecule has 0 aliphatic carbocycles. The molecule has 1 heterocycles. The van der Waals surface area contributed by atoms with E-state index in [1.165, 1.54) is 102 Å². The summed E-state index contributed by atoms with van der Waals surface area (Å²) in [5.74, 6) is -10.6. The van der Waals surface area contributed by atoms with Crippen LogP contribution in [0.4, 0.5) is 4.79 Å². The van der Waals surface area contributed by atoms with Crippen LogP contribution in [0.15, 0.2) is 24.3 Å². The average Bonchev–Trinajstić information content (AvgIpc) is 0.808. The molecular formula is C69H121N11O16. The maximum atomic E-state index is 15.2. The maximum absolute atomic E-state index is 15.2. The summed E-state index contributed by atoms with van der Waals surface area (Å²) in [6.45, 7) is 31.3. The second-order valence-corrected chi connectivity index (χ2v) is 28.7. The van der Waals surface area contributed by atoms with Crippen LogP contribution in [0.5, 0.6) is 0 Å². The summed E-state index contributed by atoms with van der Waals surface area (Å²) in [6.07, 6.45) is 3.55. The smallest absolute Gasteiger partial charge is 0.430 e. The molecule has 0 saturated carbocycles. The summed E-state index contributed by atoms with van der Waals surface area (Å²) < 4.78 is 16.4. The highest BCUT2D eigenvalue weighted by Crippen LogP contribution is 2.26. The van der Waals surface area contributed by atoms with Crippen molar-refractivity contribution >= 4 is 71.1 Å². The van der Waals surface area contributed by atoms with Crippen LogP contribution in [0.1, 0.15) is 164 Å². The molecule has 27 nitrogen and oxygen atoms in total. The van der Waals surface area contributed by atoms with Crippen LogP contribution >= 0.6 is 0 Å². The normalized spacial score (nSPS) is 25.6. The van der Waals surface area contributed by atoms with E-state index < -0.39 is 174 Å². The molecular weight excluding hydrogens is 1240 g/mol. The van der Waals surface area contributed by atoms with Gasteiger partial charge in [0.25, 0.3) is 0 Å². The molecule has 11 amide bonds. The number of amides is 11. The Kier molecular flexibility index (Phi) is 36.1. The van der Waals surface area contributed by atoms with Crippen LogP contribution < -0.4 is 21.3 Å². The number of allylic oxidation sites excluding steroid dienone is 2. The van der Waals surface area contributed by atoms with E-state index in [1.54, 1.807) is 81.4 Å². The number of ether oxygens (including phenoxy) is 3. The second-order valence-electron chi connectivity index (χ2n) is 28.7. The first-order valence-corrected chi connectivity index (χ1v) is 33.8. The van der Waals surface area contributed by atoms with Gasteiger partial charge in [0, 0.05) is 49.3 Å². The number of hydrogen-bond donors (Lipinski definition) is 5. The van der Waals surface area contributed by atoms with Crippen LogP contribution in [0.25, 0.3) is 0 Å². The Labute approximate surface area is 572 Å². The summed E-state index contributed by atoms with van der Waals surface area (Å²) >= 11 is 0. The lowest BCUT2D eigenvalue weighted by molar-refractivity contribution is -0.157. The molecule has 13 atom stereocenters. The van der Waals surface area contributed by atoms with Gasteiger partial charge in [-0.25, -0.2) is 4.79 Å². The summed E-state index contributed by atoms with van der Waals surface area (Å²) in [4.78, 5) is 182. The molecule has 0 aromatic carbocycles. The molecule has 1 fully saturated rings. The molecule has 0 aromatic rings. The van der Waals surface area contributed by atoms with Crippen molar-refractivity contribution in [1.82, 2.24) is 55.6 Å². The Morgan fingerprint density at radius 1 is 0.531 bits per heavy atom. The molecule has 1 saturated heterocycles. The molecule has 0 aromatic heterocycles. The van der Waals surface area contributed by atoms with Gasteiger partial charge in [0.1, 0.15) is 72.6 Å². The van der Waals surface area contributed by atoms with Gasteiger partial charge in [-0.2, -0.15) is 0 Å². The Bertz CT molecular complexity index is 2690. The van der Waals surface area contributed by atoms with Crippen LogP contribution in [-0.2, 0) is 67.0 Å². The molecule has 1 rings (SSSR count). The number of rotatable bonds is 19. The van der Waals surface area contributed by atoms with Gasteiger partial charge in [0.15, 0.2) is 0 Å². The number of carbonyl (C=O) groups excluding carboxylic acids is 12. The first-order chi connectivity index (χ1) is 44.3. The van der Waals surface area contributed by atoms with E-state index >= 15 is 14.4 Å². The fraction of sp³-hybridized carbons (Fsp3) is 0.768. The van der Waals surface area contributed by atoms with Gasteiger partial charge in [-0.3, -0.25) is 52.7 Å². The quantitative estimate of drug-likeness (QED) is 0.0896. The Morgan fingerprint density at radius 3 is 1.49 bits per heavy atom. The molecule has 548 valence electrons. The summed E-state index contributed by atoms with van der Waals surface area (Å²) in [7, 11) is 9.64. The van der Waals surface area contributed by atoms with Crippen molar-refractivity contribution in [3.63, 3.8) is 0 Å². The molecule has 1 aliphatic rings. The standard InChI is InChI=1S/C69H121N11O16/c1-27-29-32-44(13)57(82)56-61(86)72-48(28-2)63(88)74(20)38-52(81)78(24)55(47(16)94-33-30-31-34-95-68(93)96-69(17,18)19)60(85)73-53(42(9)10)66(91)75(21)49(35-39(3)4)59(84)70-45(14)58(83)71-46(15)62(87)76(22)50(36-40(5)6)64(89)77(23)51(37-41(7)8)65(90)79(25)54(43(11)12)67(92)80(56)26/h27,29-31,39-51,53-57,82H,28,32-38H2,1-26H3,(H,70,84)(H,71,83)(H,72,86)(H,73,85)/t44-,45+,46-,47-,48+,49+,50+,51+,53+,54+,55+,56+,57-/m1/s1. The van der Waals surface area contributed by atoms with E-state index in [1.807, 2.05) is 41.5 Å². The van der Waals surface area contributed by atoms with E-state index in [-0.39, 0.29) is 63.1 Å². The van der Waals surface area contributed by atoms with E-state index in [0.29, 0.717) is 0 Å². The van der Waals surface area contributed by atoms with Gasteiger partial charge < -0.3 is 74.9 Å². The molecule has 0 unspecified atom stereocenters. The molecule has 0 bridgehead atoms. The van der Waals surface area contributed by atoms with Gasteiger partial charge in [0.05, 0.1) is 25.4 Å².